The van der Waals surface area contributed by atoms with Crippen molar-refractivity contribution in [1.82, 2.24) is 5.06 Å². The Labute approximate surface area is 98.4 Å². The zero-order valence-electron chi connectivity index (χ0n) is 11.1. The zero-order valence-corrected chi connectivity index (χ0v) is 11.1. The lowest BCUT2D eigenvalue weighted by atomic mass is 9.82. The fourth-order valence-electron chi connectivity index (χ4n) is 2.38. The summed E-state index contributed by atoms with van der Waals surface area (Å²) in [6.45, 7) is 13.7. The van der Waals surface area contributed by atoms with Gasteiger partial charge in [-0.1, -0.05) is 6.58 Å². The minimum Gasteiger partial charge on any atom is -0.363 e. The highest BCUT2D eigenvalue weighted by Gasteiger charge is 2.44. The zero-order chi connectivity index (χ0) is 12.6. The first-order valence-corrected chi connectivity index (χ1v) is 5.85. The number of piperidine rings is 1. The van der Waals surface area contributed by atoms with Crippen LogP contribution < -0.4 is 0 Å². The number of carbonyl (C=O) groups is 1. The van der Waals surface area contributed by atoms with Gasteiger partial charge in [0.2, 0.25) is 0 Å². The van der Waals surface area contributed by atoms with E-state index in [0.29, 0.717) is 5.57 Å². The van der Waals surface area contributed by atoms with Crippen LogP contribution in [0.3, 0.4) is 0 Å². The maximum Gasteiger partial charge on any atom is 0.352 e. The third kappa shape index (κ3) is 2.64. The lowest BCUT2D eigenvalue weighted by Gasteiger charge is -2.50. The summed E-state index contributed by atoms with van der Waals surface area (Å²) in [4.78, 5) is 17.1. The molecule has 16 heavy (non-hydrogen) atoms. The van der Waals surface area contributed by atoms with Crippen molar-refractivity contribution >= 4 is 5.97 Å². The average Bonchev–Trinajstić information content (AvgIpc) is 2.10. The van der Waals surface area contributed by atoms with Gasteiger partial charge in [-0.05, 0) is 53.9 Å². The van der Waals surface area contributed by atoms with Gasteiger partial charge >= 0.3 is 5.97 Å². The number of carbonyl (C=O) groups excluding carboxylic acids is 1. The topological polar surface area (TPSA) is 29.5 Å². The fraction of sp³-hybridized carbons (Fsp3) is 0.769. The van der Waals surface area contributed by atoms with Gasteiger partial charge < -0.3 is 4.84 Å². The molecule has 92 valence electrons. The molecule has 3 heteroatoms. The van der Waals surface area contributed by atoms with Crippen molar-refractivity contribution in [3.05, 3.63) is 12.2 Å². The van der Waals surface area contributed by atoms with Crippen molar-refractivity contribution in [3.63, 3.8) is 0 Å². The summed E-state index contributed by atoms with van der Waals surface area (Å²) in [5, 5.41) is 1.85. The molecule has 0 amide bonds. The van der Waals surface area contributed by atoms with Crippen LogP contribution in [0.25, 0.3) is 0 Å². The predicted molar refractivity (Wildman–Crippen MR) is 64.8 cm³/mol. The average molecular weight is 225 g/mol. The van der Waals surface area contributed by atoms with Crippen LogP contribution in [-0.4, -0.2) is 22.1 Å². The molecule has 0 aliphatic carbocycles. The molecule has 0 radical (unpaired) electrons. The summed E-state index contributed by atoms with van der Waals surface area (Å²) in [5.74, 6) is -0.331. The van der Waals surface area contributed by atoms with Crippen molar-refractivity contribution in [3.8, 4) is 0 Å². The number of nitrogens with zero attached hydrogens (tertiary/aromatic N) is 1. The molecule has 0 spiro atoms. The van der Waals surface area contributed by atoms with Gasteiger partial charge in [0, 0.05) is 5.57 Å². The Morgan fingerprint density at radius 3 is 2.00 bits per heavy atom. The first-order valence-electron chi connectivity index (χ1n) is 5.85. The highest BCUT2D eigenvalue weighted by atomic mass is 16.7. The molecule has 0 N–H and O–H groups in total. The monoisotopic (exact) mass is 225 g/mol. The minimum absolute atomic E-state index is 0.104. The van der Waals surface area contributed by atoms with Crippen LogP contribution in [0.15, 0.2) is 12.2 Å². The van der Waals surface area contributed by atoms with Crippen molar-refractivity contribution < 1.29 is 9.63 Å². The van der Waals surface area contributed by atoms with Gasteiger partial charge in [-0.15, -0.1) is 5.06 Å². The SMILES string of the molecule is C=C(C)C(=O)ON1C(C)(C)CCCC1(C)C. The smallest absolute Gasteiger partial charge is 0.352 e. The molecular formula is C13H23NO2. The van der Waals surface area contributed by atoms with Crippen LogP contribution in [0.5, 0.6) is 0 Å². The van der Waals surface area contributed by atoms with Crippen molar-refractivity contribution in [2.45, 2.75) is 65.0 Å². The van der Waals surface area contributed by atoms with Gasteiger partial charge in [-0.25, -0.2) is 4.79 Å². The molecule has 1 aliphatic heterocycles. The number of hydrogen-bond donors (Lipinski definition) is 0. The second kappa shape index (κ2) is 4.21. The van der Waals surface area contributed by atoms with E-state index in [0.717, 1.165) is 12.8 Å². The molecule has 1 fully saturated rings. The molecule has 0 aromatic carbocycles. The maximum atomic E-state index is 11.6. The Bertz CT molecular complexity index is 289. The van der Waals surface area contributed by atoms with Gasteiger partial charge in [0.1, 0.15) is 0 Å². The van der Waals surface area contributed by atoms with E-state index >= 15 is 0 Å². The molecular weight excluding hydrogens is 202 g/mol. The molecule has 1 aliphatic rings. The molecule has 0 unspecified atom stereocenters. The minimum atomic E-state index is -0.331. The van der Waals surface area contributed by atoms with E-state index in [-0.39, 0.29) is 17.0 Å². The first kappa shape index (κ1) is 13.2. The second-order valence-electron chi connectivity index (χ2n) is 5.93. The lowest BCUT2D eigenvalue weighted by Crippen LogP contribution is -2.58. The molecule has 0 saturated carbocycles. The van der Waals surface area contributed by atoms with Crippen LogP contribution in [0.4, 0.5) is 0 Å². The van der Waals surface area contributed by atoms with Crippen LogP contribution >= 0.6 is 0 Å². The Morgan fingerprint density at radius 1 is 1.19 bits per heavy atom. The first-order chi connectivity index (χ1) is 7.17. The van der Waals surface area contributed by atoms with Crippen LogP contribution in [0.1, 0.15) is 53.9 Å². The summed E-state index contributed by atoms with van der Waals surface area (Å²) in [6.07, 6.45) is 3.25. The number of rotatable bonds is 2. The maximum absolute atomic E-state index is 11.6. The van der Waals surface area contributed by atoms with E-state index in [2.05, 4.69) is 34.3 Å². The van der Waals surface area contributed by atoms with E-state index in [9.17, 15) is 4.79 Å². The summed E-state index contributed by atoms with van der Waals surface area (Å²) in [6, 6.07) is 0. The summed E-state index contributed by atoms with van der Waals surface area (Å²) in [5.41, 5.74) is 0.233. The molecule has 0 aromatic rings. The fourth-order valence-corrected chi connectivity index (χ4v) is 2.38. The standard InChI is InChI=1S/C13H23NO2/c1-10(2)11(15)16-14-12(3,4)8-7-9-13(14,5)6/h1,7-9H2,2-6H3. The van der Waals surface area contributed by atoms with Gasteiger partial charge in [0.15, 0.2) is 0 Å². The van der Waals surface area contributed by atoms with Crippen molar-refractivity contribution in [2.24, 2.45) is 0 Å². The molecule has 0 atom stereocenters. The second-order valence-corrected chi connectivity index (χ2v) is 5.93. The van der Waals surface area contributed by atoms with E-state index in [1.807, 2.05) is 5.06 Å². The molecule has 1 heterocycles. The van der Waals surface area contributed by atoms with E-state index in [4.69, 9.17) is 4.84 Å². The Balaban J connectivity index is 2.87. The van der Waals surface area contributed by atoms with Gasteiger partial charge in [0.25, 0.3) is 0 Å². The molecule has 0 bridgehead atoms. The van der Waals surface area contributed by atoms with E-state index < -0.39 is 0 Å². The van der Waals surface area contributed by atoms with Gasteiger partial charge in [-0.2, -0.15) is 0 Å². The largest absolute Gasteiger partial charge is 0.363 e. The van der Waals surface area contributed by atoms with Crippen LogP contribution in [0, 0.1) is 0 Å². The van der Waals surface area contributed by atoms with E-state index in [1.165, 1.54) is 6.42 Å². The summed E-state index contributed by atoms with van der Waals surface area (Å²) < 4.78 is 0. The normalized spacial score (nSPS) is 23.8. The summed E-state index contributed by atoms with van der Waals surface area (Å²) >= 11 is 0. The Kier molecular flexibility index (Phi) is 3.48. The van der Waals surface area contributed by atoms with Crippen molar-refractivity contribution in [1.29, 1.82) is 0 Å². The van der Waals surface area contributed by atoms with Gasteiger partial charge in [-0.3, -0.25) is 0 Å². The predicted octanol–water partition coefficient (Wildman–Crippen LogP) is 3.06. The van der Waals surface area contributed by atoms with Crippen LogP contribution in [-0.2, 0) is 9.63 Å². The molecule has 0 aromatic heterocycles. The summed E-state index contributed by atoms with van der Waals surface area (Å²) in [7, 11) is 0. The van der Waals surface area contributed by atoms with Crippen molar-refractivity contribution in [2.75, 3.05) is 0 Å². The van der Waals surface area contributed by atoms with E-state index in [1.54, 1.807) is 6.92 Å². The Hall–Kier alpha value is -0.830. The lowest BCUT2D eigenvalue weighted by molar-refractivity contribution is -0.262. The third-order valence-corrected chi connectivity index (χ3v) is 3.20. The number of hydroxylamine groups is 2. The number of hydrogen-bond acceptors (Lipinski definition) is 3. The molecule has 1 rings (SSSR count). The third-order valence-electron chi connectivity index (χ3n) is 3.20. The highest BCUT2D eigenvalue weighted by Crippen LogP contribution is 2.38. The van der Waals surface area contributed by atoms with Gasteiger partial charge in [0.05, 0.1) is 11.1 Å². The highest BCUT2D eigenvalue weighted by molar-refractivity contribution is 5.86. The van der Waals surface area contributed by atoms with Crippen LogP contribution in [0.2, 0.25) is 0 Å². The quantitative estimate of drug-likeness (QED) is 0.676. The Morgan fingerprint density at radius 2 is 1.62 bits per heavy atom. The molecule has 3 nitrogen and oxygen atoms in total. The molecule has 1 saturated heterocycles.